The number of hydrogen-bond acceptors (Lipinski definition) is 3. The van der Waals surface area contributed by atoms with Gasteiger partial charge in [-0.15, -0.1) is 11.3 Å². The Balaban J connectivity index is 2.34. The summed E-state index contributed by atoms with van der Waals surface area (Å²) in [4.78, 5) is 25.5. The standard InChI is InChI=1S/C16H13NO2S/c1-10(18)17(2)11-7-8-15-13(9-11)16(19)12-5-3-4-6-14(12)20-15/h3-9H,1-2H3. The Morgan fingerprint density at radius 2 is 1.75 bits per heavy atom. The summed E-state index contributed by atoms with van der Waals surface area (Å²) in [6.07, 6.45) is 0. The monoisotopic (exact) mass is 283 g/mol. The van der Waals surface area contributed by atoms with Crippen LogP contribution < -0.4 is 10.3 Å². The summed E-state index contributed by atoms with van der Waals surface area (Å²) in [5.74, 6) is -0.0544. The van der Waals surface area contributed by atoms with Gasteiger partial charge < -0.3 is 4.90 Å². The van der Waals surface area contributed by atoms with Crippen LogP contribution in [-0.4, -0.2) is 13.0 Å². The zero-order chi connectivity index (χ0) is 14.3. The van der Waals surface area contributed by atoms with Crippen molar-refractivity contribution in [2.24, 2.45) is 0 Å². The van der Waals surface area contributed by atoms with Gasteiger partial charge in [-0.05, 0) is 30.3 Å². The molecule has 1 amide bonds. The van der Waals surface area contributed by atoms with E-state index in [1.807, 2.05) is 36.4 Å². The van der Waals surface area contributed by atoms with Crippen LogP contribution in [0, 0.1) is 0 Å². The number of nitrogens with zero attached hydrogens (tertiary/aromatic N) is 1. The Morgan fingerprint density at radius 3 is 2.50 bits per heavy atom. The van der Waals surface area contributed by atoms with Crippen LogP contribution in [-0.2, 0) is 4.79 Å². The molecule has 0 radical (unpaired) electrons. The SMILES string of the molecule is CC(=O)N(C)c1ccc2sc3ccccc3c(=O)c2c1. The van der Waals surface area contributed by atoms with Gasteiger partial charge in [-0.2, -0.15) is 0 Å². The molecular weight excluding hydrogens is 270 g/mol. The maximum absolute atomic E-state index is 12.5. The third kappa shape index (κ3) is 1.98. The van der Waals surface area contributed by atoms with E-state index in [9.17, 15) is 9.59 Å². The topological polar surface area (TPSA) is 37.4 Å². The highest BCUT2D eigenvalue weighted by atomic mass is 32.1. The molecule has 0 aliphatic rings. The van der Waals surface area contributed by atoms with Crippen molar-refractivity contribution in [2.75, 3.05) is 11.9 Å². The molecule has 0 atom stereocenters. The Labute approximate surface area is 120 Å². The summed E-state index contributed by atoms with van der Waals surface area (Å²) in [6, 6.07) is 13.2. The molecule has 0 aliphatic heterocycles. The summed E-state index contributed by atoms with van der Waals surface area (Å²) in [6.45, 7) is 1.51. The summed E-state index contributed by atoms with van der Waals surface area (Å²) in [5, 5.41) is 1.40. The van der Waals surface area contributed by atoms with E-state index in [2.05, 4.69) is 0 Å². The lowest BCUT2D eigenvalue weighted by Gasteiger charge is -2.15. The normalized spacial score (nSPS) is 10.9. The van der Waals surface area contributed by atoms with Crippen molar-refractivity contribution >= 4 is 43.1 Å². The molecule has 3 aromatic rings. The summed E-state index contributed by atoms with van der Waals surface area (Å²) >= 11 is 1.59. The fourth-order valence-electron chi connectivity index (χ4n) is 2.18. The average molecular weight is 283 g/mol. The number of carbonyl (C=O) groups is 1. The van der Waals surface area contributed by atoms with Gasteiger partial charge in [0, 0.05) is 39.8 Å². The van der Waals surface area contributed by atoms with Gasteiger partial charge in [-0.1, -0.05) is 12.1 Å². The fraction of sp³-hybridized carbons (Fsp3) is 0.125. The maximum Gasteiger partial charge on any atom is 0.223 e. The van der Waals surface area contributed by atoms with Crippen LogP contribution >= 0.6 is 11.3 Å². The molecule has 0 bridgehead atoms. The molecule has 1 aromatic heterocycles. The lowest BCUT2D eigenvalue weighted by molar-refractivity contribution is -0.116. The largest absolute Gasteiger partial charge is 0.316 e. The second-order valence-electron chi connectivity index (χ2n) is 4.69. The number of benzene rings is 2. The average Bonchev–Trinajstić information content (AvgIpc) is 2.46. The van der Waals surface area contributed by atoms with E-state index in [1.54, 1.807) is 29.4 Å². The van der Waals surface area contributed by atoms with Crippen LogP contribution in [0.1, 0.15) is 6.92 Å². The molecule has 1 heterocycles. The van der Waals surface area contributed by atoms with Gasteiger partial charge in [0.15, 0.2) is 5.43 Å². The molecule has 100 valence electrons. The van der Waals surface area contributed by atoms with Gasteiger partial charge in [-0.25, -0.2) is 0 Å². The van der Waals surface area contributed by atoms with Crippen LogP contribution in [0.5, 0.6) is 0 Å². The van der Waals surface area contributed by atoms with E-state index in [0.717, 1.165) is 20.5 Å². The summed E-state index contributed by atoms with van der Waals surface area (Å²) < 4.78 is 1.92. The summed E-state index contributed by atoms with van der Waals surface area (Å²) in [7, 11) is 1.71. The molecule has 4 heteroatoms. The molecule has 20 heavy (non-hydrogen) atoms. The number of carbonyl (C=O) groups excluding carboxylic acids is 1. The predicted molar refractivity (Wildman–Crippen MR) is 84.7 cm³/mol. The van der Waals surface area contributed by atoms with Crippen molar-refractivity contribution in [3.63, 3.8) is 0 Å². The van der Waals surface area contributed by atoms with Gasteiger partial charge >= 0.3 is 0 Å². The number of anilines is 1. The Kier molecular flexibility index (Phi) is 3.03. The highest BCUT2D eigenvalue weighted by Crippen LogP contribution is 2.27. The minimum Gasteiger partial charge on any atom is -0.316 e. The maximum atomic E-state index is 12.5. The Hall–Kier alpha value is -2.20. The highest BCUT2D eigenvalue weighted by molar-refractivity contribution is 7.24. The van der Waals surface area contributed by atoms with E-state index in [0.29, 0.717) is 5.39 Å². The van der Waals surface area contributed by atoms with Crippen LogP contribution in [0.15, 0.2) is 47.3 Å². The molecule has 0 saturated carbocycles. The van der Waals surface area contributed by atoms with Crippen LogP contribution in [0.3, 0.4) is 0 Å². The van der Waals surface area contributed by atoms with Gasteiger partial charge in [0.05, 0.1) is 0 Å². The number of hydrogen-bond donors (Lipinski definition) is 0. The lowest BCUT2D eigenvalue weighted by Crippen LogP contribution is -2.22. The third-order valence-electron chi connectivity index (χ3n) is 3.42. The van der Waals surface area contributed by atoms with Crippen molar-refractivity contribution in [3.8, 4) is 0 Å². The molecule has 0 spiro atoms. The molecule has 2 aromatic carbocycles. The predicted octanol–water partition coefficient (Wildman–Crippen LogP) is 3.40. The molecule has 0 fully saturated rings. The van der Waals surface area contributed by atoms with Gasteiger partial charge in [0.1, 0.15) is 0 Å². The van der Waals surface area contributed by atoms with E-state index in [1.165, 1.54) is 6.92 Å². The van der Waals surface area contributed by atoms with Crippen molar-refractivity contribution in [2.45, 2.75) is 6.92 Å². The van der Waals surface area contributed by atoms with E-state index in [-0.39, 0.29) is 11.3 Å². The molecule has 0 N–H and O–H groups in total. The Bertz CT molecular complexity index is 882. The minimum atomic E-state index is -0.0544. The highest BCUT2D eigenvalue weighted by Gasteiger charge is 2.10. The van der Waals surface area contributed by atoms with Crippen molar-refractivity contribution in [1.82, 2.24) is 0 Å². The summed E-state index contributed by atoms with van der Waals surface area (Å²) in [5.41, 5.74) is 0.762. The van der Waals surface area contributed by atoms with Crippen molar-refractivity contribution in [1.29, 1.82) is 0 Å². The van der Waals surface area contributed by atoms with Gasteiger partial charge in [0.25, 0.3) is 0 Å². The van der Waals surface area contributed by atoms with Crippen LogP contribution in [0.2, 0.25) is 0 Å². The smallest absolute Gasteiger partial charge is 0.223 e. The molecule has 0 aliphatic carbocycles. The minimum absolute atomic E-state index is 0.0214. The first-order valence-corrected chi connectivity index (χ1v) is 7.09. The number of fused-ring (bicyclic) bond motifs is 2. The quantitative estimate of drug-likeness (QED) is 0.642. The number of rotatable bonds is 1. The van der Waals surface area contributed by atoms with E-state index >= 15 is 0 Å². The van der Waals surface area contributed by atoms with E-state index < -0.39 is 0 Å². The van der Waals surface area contributed by atoms with Gasteiger partial charge in [0.2, 0.25) is 5.91 Å². The van der Waals surface area contributed by atoms with Crippen LogP contribution in [0.4, 0.5) is 5.69 Å². The molecule has 3 nitrogen and oxygen atoms in total. The third-order valence-corrected chi connectivity index (χ3v) is 4.57. The Morgan fingerprint density at radius 1 is 1.05 bits per heavy atom. The van der Waals surface area contributed by atoms with Crippen LogP contribution in [0.25, 0.3) is 20.2 Å². The van der Waals surface area contributed by atoms with Gasteiger partial charge in [-0.3, -0.25) is 9.59 Å². The van der Waals surface area contributed by atoms with Crippen molar-refractivity contribution in [3.05, 3.63) is 52.7 Å². The second kappa shape index (κ2) is 4.72. The first kappa shape index (κ1) is 12.8. The first-order chi connectivity index (χ1) is 9.58. The fourth-order valence-corrected chi connectivity index (χ4v) is 3.23. The molecule has 3 rings (SSSR count). The van der Waals surface area contributed by atoms with E-state index in [4.69, 9.17) is 0 Å². The zero-order valence-corrected chi connectivity index (χ0v) is 12.0. The molecule has 0 unspecified atom stereocenters. The molecular formula is C16H13NO2S. The van der Waals surface area contributed by atoms with Crippen molar-refractivity contribution < 1.29 is 4.79 Å². The molecule has 0 saturated heterocycles. The second-order valence-corrected chi connectivity index (χ2v) is 5.77. The zero-order valence-electron chi connectivity index (χ0n) is 11.2. The lowest BCUT2D eigenvalue weighted by atomic mass is 10.1. The first-order valence-electron chi connectivity index (χ1n) is 6.28. The number of amides is 1.